The molecule has 3 nitrogen and oxygen atoms in total. The highest BCUT2D eigenvalue weighted by Crippen LogP contribution is 2.23. The van der Waals surface area contributed by atoms with Crippen molar-refractivity contribution in [2.75, 3.05) is 4.72 Å². The van der Waals surface area contributed by atoms with Gasteiger partial charge in [0.2, 0.25) is 0 Å². The molecular weight excluding hydrogens is 261 g/mol. The van der Waals surface area contributed by atoms with Crippen LogP contribution in [-0.4, -0.2) is 8.42 Å². The number of anilines is 1. The number of hydrogen-bond donors (Lipinski definition) is 1. The topological polar surface area (TPSA) is 46.2 Å². The number of nitrogens with one attached hydrogen (secondary N) is 1. The third-order valence-corrected chi connectivity index (χ3v) is 4.95. The van der Waals surface area contributed by atoms with Crippen molar-refractivity contribution in [3.63, 3.8) is 0 Å². The first-order chi connectivity index (χ1) is 7.97. The van der Waals surface area contributed by atoms with Crippen LogP contribution in [0.3, 0.4) is 0 Å². The Bertz CT molecular complexity index is 617. The van der Waals surface area contributed by atoms with Gasteiger partial charge in [-0.05, 0) is 43.3 Å². The van der Waals surface area contributed by atoms with Gasteiger partial charge in [0.15, 0.2) is 0 Å². The van der Waals surface area contributed by atoms with Gasteiger partial charge in [-0.15, -0.1) is 11.3 Å². The average molecular weight is 271 g/mol. The van der Waals surface area contributed by atoms with Crippen LogP contribution in [0.1, 0.15) is 4.88 Å². The van der Waals surface area contributed by atoms with Crippen LogP contribution in [0.25, 0.3) is 0 Å². The SMILES string of the molecule is Cc1ccc(S(=O)(=O)Nc2ccc(F)cc2)s1. The molecule has 0 aliphatic rings. The Labute approximate surface area is 103 Å². The number of rotatable bonds is 3. The van der Waals surface area contributed by atoms with Gasteiger partial charge in [0, 0.05) is 10.6 Å². The molecule has 1 heterocycles. The highest BCUT2D eigenvalue weighted by atomic mass is 32.2. The molecule has 2 rings (SSSR count). The maximum absolute atomic E-state index is 12.7. The third-order valence-electron chi connectivity index (χ3n) is 2.08. The van der Waals surface area contributed by atoms with Gasteiger partial charge in [0.25, 0.3) is 10.0 Å². The summed E-state index contributed by atoms with van der Waals surface area (Å²) < 4.78 is 39.1. The van der Waals surface area contributed by atoms with Gasteiger partial charge in [-0.3, -0.25) is 4.72 Å². The van der Waals surface area contributed by atoms with E-state index in [1.165, 1.54) is 35.6 Å². The molecule has 6 heteroatoms. The molecule has 0 spiro atoms. The molecule has 0 bridgehead atoms. The average Bonchev–Trinajstić information content (AvgIpc) is 2.69. The van der Waals surface area contributed by atoms with Gasteiger partial charge in [-0.25, -0.2) is 12.8 Å². The van der Waals surface area contributed by atoms with Crippen molar-refractivity contribution in [3.8, 4) is 0 Å². The summed E-state index contributed by atoms with van der Waals surface area (Å²) in [5.74, 6) is -0.403. The van der Waals surface area contributed by atoms with Gasteiger partial charge < -0.3 is 0 Å². The Morgan fingerprint density at radius 2 is 1.76 bits per heavy atom. The monoisotopic (exact) mass is 271 g/mol. The van der Waals surface area contributed by atoms with E-state index >= 15 is 0 Å². The summed E-state index contributed by atoms with van der Waals surface area (Å²) in [5.41, 5.74) is 0.345. The second-order valence-corrected chi connectivity index (χ2v) is 6.67. The molecule has 1 aromatic heterocycles. The largest absolute Gasteiger partial charge is 0.279 e. The summed E-state index contributed by atoms with van der Waals surface area (Å²) in [6, 6.07) is 8.46. The molecule has 1 N–H and O–H groups in total. The fourth-order valence-corrected chi connectivity index (χ4v) is 3.62. The molecule has 2 aromatic rings. The van der Waals surface area contributed by atoms with Crippen LogP contribution in [0.15, 0.2) is 40.6 Å². The lowest BCUT2D eigenvalue weighted by Crippen LogP contribution is -2.11. The van der Waals surface area contributed by atoms with E-state index in [-0.39, 0.29) is 4.21 Å². The molecule has 0 fully saturated rings. The molecule has 0 amide bonds. The van der Waals surface area contributed by atoms with Crippen molar-refractivity contribution in [1.29, 1.82) is 0 Å². The van der Waals surface area contributed by atoms with E-state index in [1.807, 2.05) is 6.92 Å². The Morgan fingerprint density at radius 1 is 1.12 bits per heavy atom. The van der Waals surface area contributed by atoms with E-state index in [0.29, 0.717) is 5.69 Å². The Morgan fingerprint density at radius 3 is 2.29 bits per heavy atom. The molecule has 0 unspecified atom stereocenters. The van der Waals surface area contributed by atoms with Crippen molar-refractivity contribution < 1.29 is 12.8 Å². The fourth-order valence-electron chi connectivity index (χ4n) is 1.28. The van der Waals surface area contributed by atoms with Crippen LogP contribution in [0, 0.1) is 12.7 Å². The molecule has 0 aliphatic carbocycles. The lowest BCUT2D eigenvalue weighted by Gasteiger charge is -2.05. The maximum atomic E-state index is 12.7. The summed E-state index contributed by atoms with van der Waals surface area (Å²) in [6.45, 7) is 1.83. The zero-order valence-corrected chi connectivity index (χ0v) is 10.6. The number of halogens is 1. The van der Waals surface area contributed by atoms with Crippen molar-refractivity contribution in [2.45, 2.75) is 11.1 Å². The molecule has 0 aliphatic heterocycles. The normalized spacial score (nSPS) is 11.4. The summed E-state index contributed by atoms with van der Waals surface area (Å²) in [4.78, 5) is 0.921. The summed E-state index contributed by atoms with van der Waals surface area (Å²) in [6.07, 6.45) is 0. The van der Waals surface area contributed by atoms with Crippen LogP contribution >= 0.6 is 11.3 Å². The first kappa shape index (κ1) is 12.1. The zero-order valence-electron chi connectivity index (χ0n) is 8.98. The van der Waals surface area contributed by atoms with Crippen LogP contribution in [-0.2, 0) is 10.0 Å². The molecule has 0 saturated carbocycles. The van der Waals surface area contributed by atoms with Crippen LogP contribution < -0.4 is 4.72 Å². The first-order valence-electron chi connectivity index (χ1n) is 4.82. The lowest BCUT2D eigenvalue weighted by molar-refractivity contribution is 0.603. The number of sulfonamides is 1. The van der Waals surface area contributed by atoms with Gasteiger partial charge >= 0.3 is 0 Å². The number of aryl methyl sites for hydroxylation is 1. The maximum Gasteiger partial charge on any atom is 0.271 e. The van der Waals surface area contributed by atoms with Crippen LogP contribution in [0.2, 0.25) is 0 Å². The highest BCUT2D eigenvalue weighted by molar-refractivity contribution is 7.94. The summed E-state index contributed by atoms with van der Waals surface area (Å²) >= 11 is 1.19. The third kappa shape index (κ3) is 2.83. The molecular formula is C11H10FNO2S2. The second kappa shape index (κ2) is 4.46. The van der Waals surface area contributed by atoms with E-state index in [0.717, 1.165) is 4.88 Å². The number of thiophene rings is 1. The van der Waals surface area contributed by atoms with E-state index in [4.69, 9.17) is 0 Å². The molecule has 1 aromatic carbocycles. The Hall–Kier alpha value is -1.40. The van der Waals surface area contributed by atoms with Gasteiger partial charge in [-0.1, -0.05) is 0 Å². The van der Waals surface area contributed by atoms with Crippen molar-refractivity contribution in [3.05, 3.63) is 47.1 Å². The minimum atomic E-state index is -3.56. The minimum absolute atomic E-state index is 0.249. The number of benzene rings is 1. The standard InChI is InChI=1S/C11H10FNO2S2/c1-8-2-7-11(16-8)17(14,15)13-10-5-3-9(12)4-6-10/h2-7,13H,1H3. The summed E-state index contributed by atoms with van der Waals surface area (Å²) in [5, 5.41) is 0. The highest BCUT2D eigenvalue weighted by Gasteiger charge is 2.15. The van der Waals surface area contributed by atoms with E-state index < -0.39 is 15.8 Å². The summed E-state index contributed by atoms with van der Waals surface area (Å²) in [7, 11) is -3.56. The molecule has 0 saturated heterocycles. The van der Waals surface area contributed by atoms with Crippen molar-refractivity contribution in [2.24, 2.45) is 0 Å². The smallest absolute Gasteiger partial charge is 0.271 e. The molecule has 0 radical (unpaired) electrons. The van der Waals surface area contributed by atoms with Crippen molar-refractivity contribution in [1.82, 2.24) is 0 Å². The lowest BCUT2D eigenvalue weighted by atomic mass is 10.3. The van der Waals surface area contributed by atoms with E-state index in [2.05, 4.69) is 4.72 Å². The number of hydrogen-bond acceptors (Lipinski definition) is 3. The van der Waals surface area contributed by atoms with Gasteiger partial charge in [-0.2, -0.15) is 0 Å². The molecule has 90 valence electrons. The van der Waals surface area contributed by atoms with Gasteiger partial charge in [0.1, 0.15) is 10.0 Å². The fraction of sp³-hybridized carbons (Fsp3) is 0.0909. The predicted octanol–water partition coefficient (Wildman–Crippen LogP) is 3.00. The molecule has 0 atom stereocenters. The first-order valence-corrected chi connectivity index (χ1v) is 7.12. The zero-order chi connectivity index (χ0) is 12.5. The quantitative estimate of drug-likeness (QED) is 0.932. The Balaban J connectivity index is 2.26. The Kier molecular flexibility index (Phi) is 3.17. The van der Waals surface area contributed by atoms with Crippen molar-refractivity contribution >= 4 is 27.0 Å². The van der Waals surface area contributed by atoms with Gasteiger partial charge in [0.05, 0.1) is 0 Å². The van der Waals surface area contributed by atoms with E-state index in [1.54, 1.807) is 12.1 Å². The van der Waals surface area contributed by atoms with E-state index in [9.17, 15) is 12.8 Å². The predicted molar refractivity (Wildman–Crippen MR) is 66.3 cm³/mol. The molecule has 17 heavy (non-hydrogen) atoms. The minimum Gasteiger partial charge on any atom is -0.279 e. The van der Waals surface area contributed by atoms with Crippen LogP contribution in [0.5, 0.6) is 0 Å². The second-order valence-electron chi connectivity index (χ2n) is 3.48. The van der Waals surface area contributed by atoms with Crippen LogP contribution in [0.4, 0.5) is 10.1 Å².